The first kappa shape index (κ1) is 24.0. The highest BCUT2D eigenvalue weighted by Crippen LogP contribution is 2.71. The first-order chi connectivity index (χ1) is 14.8. The molecule has 0 aliphatic heterocycles. The Balaban J connectivity index is 1.67. The minimum absolute atomic E-state index is 0.120. The van der Waals surface area contributed by atoms with E-state index in [-0.39, 0.29) is 27.8 Å². The van der Waals surface area contributed by atoms with E-state index in [1.807, 2.05) is 6.08 Å². The molecule has 4 rings (SSSR count). The Morgan fingerprint density at radius 3 is 2.47 bits per heavy atom. The zero-order chi connectivity index (χ0) is 23.7. The summed E-state index contributed by atoms with van der Waals surface area (Å²) in [6.07, 6.45) is 14.0. The molecule has 0 aromatic heterocycles. The third-order valence-electron chi connectivity index (χ3n) is 10.9. The predicted octanol–water partition coefficient (Wildman–Crippen LogP) is 7.43. The quantitative estimate of drug-likeness (QED) is 0.463. The summed E-state index contributed by atoms with van der Waals surface area (Å²) < 4.78 is 0. The Kier molecular flexibility index (Phi) is 5.76. The molecule has 2 fully saturated rings. The van der Waals surface area contributed by atoms with Crippen LogP contribution in [0.2, 0.25) is 0 Å². The van der Waals surface area contributed by atoms with E-state index in [0.717, 1.165) is 32.1 Å². The molecule has 4 aliphatic rings. The lowest BCUT2D eigenvalue weighted by Crippen LogP contribution is -2.53. The van der Waals surface area contributed by atoms with Crippen molar-refractivity contribution < 1.29 is 9.90 Å². The Morgan fingerprint density at radius 2 is 1.81 bits per heavy atom. The molecule has 0 saturated heterocycles. The second-order valence-electron chi connectivity index (χ2n) is 13.2. The molecule has 0 spiro atoms. The standard InChI is InChI=1S/C30H46O2/c1-19(2)17-21(31)18-20(3)22-11-15-30(8)24-9-10-25-27(4,5)26(32)13-14-28(25,6)23(24)12-16-29(22,30)7/h9,12,17,20-22,25,31H,10-11,13-16,18H2,1-8H3/t20-,21+,22-,25+,28-,29-,30+/m1/s1. The van der Waals surface area contributed by atoms with Crippen molar-refractivity contribution in [3.05, 3.63) is 34.9 Å². The van der Waals surface area contributed by atoms with Crippen LogP contribution in [0.4, 0.5) is 0 Å². The van der Waals surface area contributed by atoms with Gasteiger partial charge in [-0.3, -0.25) is 4.79 Å². The summed E-state index contributed by atoms with van der Waals surface area (Å²) in [4.78, 5) is 12.8. The van der Waals surface area contributed by atoms with E-state index in [0.29, 0.717) is 23.5 Å². The number of aliphatic hydroxyl groups is 1. The summed E-state index contributed by atoms with van der Waals surface area (Å²) in [6, 6.07) is 0. The Morgan fingerprint density at radius 1 is 1.12 bits per heavy atom. The van der Waals surface area contributed by atoms with Crippen molar-refractivity contribution in [2.45, 2.75) is 106 Å². The Labute approximate surface area is 196 Å². The number of ketones is 1. The fourth-order valence-electron chi connectivity index (χ4n) is 8.76. The van der Waals surface area contributed by atoms with Gasteiger partial charge in [-0.1, -0.05) is 65.3 Å². The van der Waals surface area contributed by atoms with Gasteiger partial charge in [0.05, 0.1) is 6.10 Å². The van der Waals surface area contributed by atoms with Crippen LogP contribution < -0.4 is 0 Å². The largest absolute Gasteiger partial charge is 0.389 e. The fourth-order valence-corrected chi connectivity index (χ4v) is 8.76. The maximum Gasteiger partial charge on any atom is 0.138 e. The highest BCUT2D eigenvalue weighted by molar-refractivity contribution is 5.86. The van der Waals surface area contributed by atoms with Crippen LogP contribution in [0, 0.1) is 39.4 Å². The SMILES string of the molecule is CC(C)=C[C@H](O)C[C@@H](C)[C@H]1CC[C@@]2(C)C3=CC[C@H]4C(C)(C)C(=O)CC[C@]4(C)C3=CC[C@]12C. The van der Waals surface area contributed by atoms with Crippen molar-refractivity contribution >= 4 is 5.78 Å². The predicted molar refractivity (Wildman–Crippen MR) is 133 cm³/mol. The third-order valence-corrected chi connectivity index (χ3v) is 10.9. The highest BCUT2D eigenvalue weighted by Gasteiger charge is 2.63. The summed E-state index contributed by atoms with van der Waals surface area (Å²) in [6.45, 7) is 18.4. The maximum atomic E-state index is 12.8. The summed E-state index contributed by atoms with van der Waals surface area (Å²) in [5.74, 6) is 1.99. The van der Waals surface area contributed by atoms with Crippen molar-refractivity contribution in [3.8, 4) is 0 Å². The smallest absolute Gasteiger partial charge is 0.138 e. The molecule has 2 saturated carbocycles. The molecule has 0 aromatic carbocycles. The number of hydrogen-bond donors (Lipinski definition) is 1. The molecule has 0 aromatic rings. The number of rotatable bonds is 4. The van der Waals surface area contributed by atoms with Gasteiger partial charge < -0.3 is 5.11 Å². The molecular formula is C30H46O2. The molecule has 0 radical (unpaired) electrons. The van der Waals surface area contributed by atoms with E-state index in [9.17, 15) is 9.90 Å². The van der Waals surface area contributed by atoms with Gasteiger partial charge in [0.2, 0.25) is 0 Å². The van der Waals surface area contributed by atoms with Crippen molar-refractivity contribution in [2.24, 2.45) is 39.4 Å². The van der Waals surface area contributed by atoms with Gasteiger partial charge in [-0.15, -0.1) is 0 Å². The molecule has 0 unspecified atom stereocenters. The van der Waals surface area contributed by atoms with Crippen LogP contribution in [0.1, 0.15) is 100 Å². The number of Topliss-reactive ketones (excluding diaryl/α,β-unsaturated/α-hetero) is 1. The van der Waals surface area contributed by atoms with Gasteiger partial charge >= 0.3 is 0 Å². The van der Waals surface area contributed by atoms with E-state index >= 15 is 0 Å². The molecule has 2 nitrogen and oxygen atoms in total. The molecule has 0 heterocycles. The second kappa shape index (κ2) is 7.69. The monoisotopic (exact) mass is 438 g/mol. The van der Waals surface area contributed by atoms with E-state index in [2.05, 4.69) is 67.5 Å². The lowest BCUT2D eigenvalue weighted by molar-refractivity contribution is -0.138. The number of carbonyl (C=O) groups is 1. The lowest BCUT2D eigenvalue weighted by atomic mass is 9.44. The van der Waals surface area contributed by atoms with Crippen LogP contribution in [0.15, 0.2) is 34.9 Å². The van der Waals surface area contributed by atoms with E-state index in [1.54, 1.807) is 11.1 Å². The van der Waals surface area contributed by atoms with Crippen LogP contribution in [-0.2, 0) is 4.79 Å². The van der Waals surface area contributed by atoms with Gasteiger partial charge in [-0.2, -0.15) is 0 Å². The number of fused-ring (bicyclic) bond motifs is 5. The summed E-state index contributed by atoms with van der Waals surface area (Å²) >= 11 is 0. The molecule has 7 atom stereocenters. The number of carbonyl (C=O) groups excluding carboxylic acids is 1. The molecule has 0 bridgehead atoms. The normalized spacial score (nSPS) is 42.1. The number of hydrogen-bond acceptors (Lipinski definition) is 2. The van der Waals surface area contributed by atoms with Crippen LogP contribution in [0.5, 0.6) is 0 Å². The molecule has 178 valence electrons. The molecule has 32 heavy (non-hydrogen) atoms. The maximum absolute atomic E-state index is 12.8. The topological polar surface area (TPSA) is 37.3 Å². The number of allylic oxidation sites excluding steroid dienone is 5. The van der Waals surface area contributed by atoms with Gasteiger partial charge in [-0.05, 0) is 97.5 Å². The minimum Gasteiger partial charge on any atom is -0.389 e. The van der Waals surface area contributed by atoms with E-state index in [4.69, 9.17) is 0 Å². The third kappa shape index (κ3) is 3.26. The summed E-state index contributed by atoms with van der Waals surface area (Å²) in [5.41, 5.74) is 4.69. The minimum atomic E-state index is -0.337. The average molecular weight is 439 g/mol. The van der Waals surface area contributed by atoms with Crippen LogP contribution >= 0.6 is 0 Å². The van der Waals surface area contributed by atoms with Crippen LogP contribution in [0.3, 0.4) is 0 Å². The van der Waals surface area contributed by atoms with E-state index < -0.39 is 0 Å². The van der Waals surface area contributed by atoms with E-state index in [1.165, 1.54) is 18.4 Å². The van der Waals surface area contributed by atoms with Gasteiger partial charge in [0.25, 0.3) is 0 Å². The average Bonchev–Trinajstić information content (AvgIpc) is 2.96. The fraction of sp³-hybridized carbons (Fsp3) is 0.767. The van der Waals surface area contributed by atoms with Gasteiger partial charge in [0.15, 0.2) is 0 Å². The zero-order valence-electron chi connectivity index (χ0n) is 21.8. The summed E-state index contributed by atoms with van der Waals surface area (Å²) in [7, 11) is 0. The molecule has 1 N–H and O–H groups in total. The Bertz CT molecular complexity index is 885. The molecular weight excluding hydrogens is 392 g/mol. The van der Waals surface area contributed by atoms with Gasteiger partial charge in [0.1, 0.15) is 5.78 Å². The lowest BCUT2D eigenvalue weighted by Gasteiger charge is -2.59. The molecule has 0 amide bonds. The van der Waals surface area contributed by atoms with Crippen molar-refractivity contribution in [1.82, 2.24) is 0 Å². The number of aliphatic hydroxyl groups excluding tert-OH is 1. The Hall–Kier alpha value is -1.15. The molecule has 2 heteroatoms. The van der Waals surface area contributed by atoms with Crippen LogP contribution in [0.25, 0.3) is 0 Å². The molecule has 4 aliphatic carbocycles. The summed E-state index contributed by atoms with van der Waals surface area (Å²) in [5, 5.41) is 10.6. The highest BCUT2D eigenvalue weighted by atomic mass is 16.3. The first-order valence-electron chi connectivity index (χ1n) is 13.1. The van der Waals surface area contributed by atoms with Crippen molar-refractivity contribution in [1.29, 1.82) is 0 Å². The second-order valence-corrected chi connectivity index (χ2v) is 13.2. The van der Waals surface area contributed by atoms with Gasteiger partial charge in [0, 0.05) is 11.8 Å². The van der Waals surface area contributed by atoms with Crippen molar-refractivity contribution in [2.75, 3.05) is 0 Å². The van der Waals surface area contributed by atoms with Crippen LogP contribution in [-0.4, -0.2) is 17.0 Å². The van der Waals surface area contributed by atoms with Crippen molar-refractivity contribution in [3.63, 3.8) is 0 Å². The van der Waals surface area contributed by atoms with Gasteiger partial charge in [-0.25, -0.2) is 0 Å². The first-order valence-corrected chi connectivity index (χ1v) is 13.1. The zero-order valence-corrected chi connectivity index (χ0v) is 21.8.